The Kier molecular flexibility index (Phi) is 5.25. The van der Waals surface area contributed by atoms with Gasteiger partial charge in [-0.15, -0.1) is 0 Å². The molecule has 128 valence electrons. The van der Waals surface area contributed by atoms with Crippen molar-refractivity contribution in [3.8, 4) is 0 Å². The molecule has 1 aliphatic heterocycles. The third kappa shape index (κ3) is 4.90. The van der Waals surface area contributed by atoms with Crippen LogP contribution >= 0.6 is 0 Å². The SMILES string of the molecule is O=C(NCCN1CCS(=O)(=O)CC1)c1cnccc1C(F)(F)F. The van der Waals surface area contributed by atoms with Crippen molar-refractivity contribution >= 4 is 15.7 Å². The van der Waals surface area contributed by atoms with E-state index < -0.39 is 33.0 Å². The van der Waals surface area contributed by atoms with Crippen LogP contribution in [0.1, 0.15) is 15.9 Å². The Bertz CT molecular complexity index is 663. The fraction of sp³-hybridized carbons (Fsp3) is 0.538. The van der Waals surface area contributed by atoms with Gasteiger partial charge in [0.1, 0.15) is 0 Å². The molecule has 1 amide bonds. The van der Waals surface area contributed by atoms with E-state index in [1.54, 1.807) is 0 Å². The molecule has 1 aliphatic rings. The minimum absolute atomic E-state index is 0.0573. The fourth-order valence-electron chi connectivity index (χ4n) is 2.22. The lowest BCUT2D eigenvalue weighted by atomic mass is 10.1. The molecular formula is C13H16F3N3O3S. The quantitative estimate of drug-likeness (QED) is 0.858. The summed E-state index contributed by atoms with van der Waals surface area (Å²) in [5.41, 5.74) is -1.56. The summed E-state index contributed by atoms with van der Waals surface area (Å²) < 4.78 is 61.0. The van der Waals surface area contributed by atoms with Crippen molar-refractivity contribution < 1.29 is 26.4 Å². The Morgan fingerprint density at radius 3 is 2.57 bits per heavy atom. The van der Waals surface area contributed by atoms with Crippen LogP contribution in [0.25, 0.3) is 0 Å². The zero-order valence-electron chi connectivity index (χ0n) is 12.1. The van der Waals surface area contributed by atoms with Gasteiger partial charge in [0.2, 0.25) is 0 Å². The van der Waals surface area contributed by atoms with Gasteiger partial charge < -0.3 is 5.32 Å². The van der Waals surface area contributed by atoms with Gasteiger partial charge in [-0.3, -0.25) is 14.7 Å². The molecular weight excluding hydrogens is 335 g/mol. The molecule has 0 unspecified atom stereocenters. The third-order valence-corrected chi connectivity index (χ3v) is 5.13. The summed E-state index contributed by atoms with van der Waals surface area (Å²) in [4.78, 5) is 17.3. The van der Waals surface area contributed by atoms with E-state index >= 15 is 0 Å². The molecule has 6 nitrogen and oxygen atoms in total. The number of hydrogen-bond donors (Lipinski definition) is 1. The Morgan fingerprint density at radius 1 is 1.30 bits per heavy atom. The number of amides is 1. The monoisotopic (exact) mass is 351 g/mol. The number of carbonyl (C=O) groups excluding carboxylic acids is 1. The van der Waals surface area contributed by atoms with Gasteiger partial charge in [-0.05, 0) is 6.07 Å². The van der Waals surface area contributed by atoms with E-state index in [2.05, 4.69) is 10.3 Å². The molecule has 0 atom stereocenters. The van der Waals surface area contributed by atoms with E-state index in [1.807, 2.05) is 4.90 Å². The average Bonchev–Trinajstić information content (AvgIpc) is 2.48. The van der Waals surface area contributed by atoms with Crippen LogP contribution in [0.15, 0.2) is 18.5 Å². The number of sulfone groups is 1. The first kappa shape index (κ1) is 17.7. The van der Waals surface area contributed by atoms with Crippen LogP contribution < -0.4 is 5.32 Å². The molecule has 23 heavy (non-hydrogen) atoms. The number of pyridine rings is 1. The summed E-state index contributed by atoms with van der Waals surface area (Å²) in [6, 6.07) is 0.754. The summed E-state index contributed by atoms with van der Waals surface area (Å²) in [7, 11) is -2.98. The Balaban J connectivity index is 1.89. The van der Waals surface area contributed by atoms with E-state index in [9.17, 15) is 26.4 Å². The van der Waals surface area contributed by atoms with Gasteiger partial charge >= 0.3 is 6.18 Å². The molecule has 1 aromatic rings. The highest BCUT2D eigenvalue weighted by Crippen LogP contribution is 2.31. The first-order valence-electron chi connectivity index (χ1n) is 6.91. The molecule has 1 aromatic heterocycles. The maximum absolute atomic E-state index is 12.8. The van der Waals surface area contributed by atoms with Gasteiger partial charge in [0.05, 0.1) is 22.6 Å². The first-order chi connectivity index (χ1) is 10.7. The zero-order valence-corrected chi connectivity index (χ0v) is 13.0. The molecule has 0 aromatic carbocycles. The van der Waals surface area contributed by atoms with Crippen LogP contribution in [0, 0.1) is 0 Å². The summed E-state index contributed by atoms with van der Waals surface area (Å²) in [5, 5.41) is 2.41. The van der Waals surface area contributed by atoms with Crippen molar-refractivity contribution in [1.82, 2.24) is 15.2 Å². The molecule has 1 saturated heterocycles. The number of hydrogen-bond acceptors (Lipinski definition) is 5. The number of rotatable bonds is 4. The zero-order chi connectivity index (χ0) is 17.1. The van der Waals surface area contributed by atoms with Crippen LogP contribution in [0.4, 0.5) is 13.2 Å². The van der Waals surface area contributed by atoms with Gasteiger partial charge in [-0.1, -0.05) is 0 Å². The standard InChI is InChI=1S/C13H16F3N3O3S/c14-13(15,16)11-1-2-17-9-10(11)12(20)18-3-4-19-5-7-23(21,22)8-6-19/h1-2,9H,3-8H2,(H,18,20). The van der Waals surface area contributed by atoms with Crippen molar-refractivity contribution in [1.29, 1.82) is 0 Å². The average molecular weight is 351 g/mol. The highest BCUT2D eigenvalue weighted by atomic mass is 32.2. The molecule has 1 fully saturated rings. The highest BCUT2D eigenvalue weighted by Gasteiger charge is 2.35. The largest absolute Gasteiger partial charge is 0.417 e. The maximum Gasteiger partial charge on any atom is 0.417 e. The number of nitrogens with one attached hydrogen (secondary N) is 1. The maximum atomic E-state index is 12.8. The van der Waals surface area contributed by atoms with E-state index in [4.69, 9.17) is 0 Å². The summed E-state index contributed by atoms with van der Waals surface area (Å²) >= 11 is 0. The molecule has 1 N–H and O–H groups in total. The molecule has 0 aliphatic carbocycles. The third-order valence-electron chi connectivity index (χ3n) is 3.52. The Morgan fingerprint density at radius 2 is 1.96 bits per heavy atom. The van der Waals surface area contributed by atoms with Crippen LogP contribution in [0.3, 0.4) is 0 Å². The van der Waals surface area contributed by atoms with Crippen molar-refractivity contribution in [3.63, 3.8) is 0 Å². The minimum atomic E-state index is -4.63. The van der Waals surface area contributed by atoms with Crippen LogP contribution in [0.5, 0.6) is 0 Å². The number of carbonyl (C=O) groups is 1. The number of aromatic nitrogens is 1. The second-order valence-electron chi connectivity index (χ2n) is 5.17. The van der Waals surface area contributed by atoms with E-state index in [0.29, 0.717) is 19.6 Å². The van der Waals surface area contributed by atoms with Crippen LogP contribution in [-0.4, -0.2) is 61.9 Å². The lowest BCUT2D eigenvalue weighted by Crippen LogP contribution is -2.44. The smallest absolute Gasteiger partial charge is 0.351 e. The van der Waals surface area contributed by atoms with E-state index in [1.165, 1.54) is 0 Å². The van der Waals surface area contributed by atoms with E-state index in [0.717, 1.165) is 18.5 Å². The molecule has 0 bridgehead atoms. The lowest BCUT2D eigenvalue weighted by molar-refractivity contribution is -0.138. The second kappa shape index (κ2) is 6.83. The van der Waals surface area contributed by atoms with Gasteiger partial charge in [0.25, 0.3) is 5.91 Å². The molecule has 2 rings (SSSR count). The van der Waals surface area contributed by atoms with Crippen LogP contribution in [-0.2, 0) is 16.0 Å². The number of nitrogens with zero attached hydrogens (tertiary/aromatic N) is 2. The summed E-state index contributed by atoms with van der Waals surface area (Å²) in [6.45, 7) is 1.23. The molecule has 10 heteroatoms. The lowest BCUT2D eigenvalue weighted by Gasteiger charge is -2.26. The minimum Gasteiger partial charge on any atom is -0.351 e. The topological polar surface area (TPSA) is 79.4 Å². The number of halogens is 3. The van der Waals surface area contributed by atoms with Gasteiger partial charge in [0.15, 0.2) is 9.84 Å². The van der Waals surface area contributed by atoms with Crippen molar-refractivity contribution in [2.24, 2.45) is 0 Å². The Labute approximate surface area is 131 Å². The molecule has 0 radical (unpaired) electrons. The molecule has 0 saturated carbocycles. The first-order valence-corrected chi connectivity index (χ1v) is 8.73. The predicted molar refractivity (Wildman–Crippen MR) is 76.7 cm³/mol. The fourth-order valence-corrected chi connectivity index (χ4v) is 3.50. The Hall–Kier alpha value is -1.68. The summed E-state index contributed by atoms with van der Waals surface area (Å²) in [6.07, 6.45) is -2.77. The van der Waals surface area contributed by atoms with Gasteiger partial charge in [-0.25, -0.2) is 8.42 Å². The van der Waals surface area contributed by atoms with Crippen molar-refractivity contribution in [2.75, 3.05) is 37.7 Å². The molecule has 2 heterocycles. The summed E-state index contributed by atoms with van der Waals surface area (Å²) in [5.74, 6) is -0.737. The van der Waals surface area contributed by atoms with Crippen LogP contribution in [0.2, 0.25) is 0 Å². The normalized spacial score (nSPS) is 18.6. The second-order valence-corrected chi connectivity index (χ2v) is 7.47. The number of alkyl halides is 3. The van der Waals surface area contributed by atoms with Gasteiger partial charge in [-0.2, -0.15) is 13.2 Å². The van der Waals surface area contributed by atoms with Crippen molar-refractivity contribution in [3.05, 3.63) is 29.6 Å². The highest BCUT2D eigenvalue weighted by molar-refractivity contribution is 7.91. The van der Waals surface area contributed by atoms with E-state index in [-0.39, 0.29) is 18.1 Å². The van der Waals surface area contributed by atoms with Gasteiger partial charge in [0, 0.05) is 38.6 Å². The molecule has 0 spiro atoms. The van der Waals surface area contributed by atoms with Crippen molar-refractivity contribution in [2.45, 2.75) is 6.18 Å². The predicted octanol–water partition coefficient (Wildman–Crippen LogP) is 0.561.